The molecule has 0 N–H and O–H groups in total. The molecule has 0 heterocycles. The summed E-state index contributed by atoms with van der Waals surface area (Å²) >= 11 is 6.61. The summed E-state index contributed by atoms with van der Waals surface area (Å²) in [7, 11) is 0. The van der Waals surface area contributed by atoms with Crippen molar-refractivity contribution in [2.45, 2.75) is 0 Å². The molecular weight excluding hydrogens is 424 g/mol. The average molecular weight is 436 g/mol. The molecule has 2 aromatic rings. The first-order valence-corrected chi connectivity index (χ1v) is 8.23. The summed E-state index contributed by atoms with van der Waals surface area (Å²) in [6, 6.07) is 14.0. The van der Waals surface area contributed by atoms with Crippen LogP contribution < -0.4 is 0 Å². The van der Waals surface area contributed by atoms with Crippen molar-refractivity contribution in [1.29, 1.82) is 0 Å². The summed E-state index contributed by atoms with van der Waals surface area (Å²) in [6.07, 6.45) is 5.10. The van der Waals surface area contributed by atoms with E-state index in [-0.39, 0.29) is 11.6 Å². The van der Waals surface area contributed by atoms with Gasteiger partial charge in [-0.2, -0.15) is 0 Å². The number of halogens is 2. The summed E-state index contributed by atoms with van der Waals surface area (Å²) in [5.41, 5.74) is 1.12. The van der Waals surface area contributed by atoms with Crippen molar-refractivity contribution in [3.05, 3.63) is 93.3 Å². The predicted molar refractivity (Wildman–Crippen MR) is 96.3 cm³/mol. The molecule has 0 saturated heterocycles. The molecule has 0 atom stereocenters. The van der Waals surface area contributed by atoms with Gasteiger partial charge in [0.05, 0.1) is 12.5 Å². The maximum absolute atomic E-state index is 11.8. The molecule has 2 aromatic carbocycles. The second-order valence-corrected chi connectivity index (χ2v) is 6.32. The number of benzene rings is 2. The Bertz CT molecular complexity index is 679. The highest BCUT2D eigenvalue weighted by molar-refractivity contribution is 9.10. The van der Waals surface area contributed by atoms with Crippen LogP contribution in [0.4, 0.5) is 0 Å². The fourth-order valence-corrected chi connectivity index (χ4v) is 2.20. The van der Waals surface area contributed by atoms with Crippen molar-refractivity contribution >= 4 is 43.4 Å². The lowest BCUT2D eigenvalue weighted by molar-refractivity contribution is 0.103. The average Bonchev–Trinajstić information content (AvgIpc) is 2.55. The van der Waals surface area contributed by atoms with E-state index in [1.54, 1.807) is 48.5 Å². The Labute approximate surface area is 150 Å². The number of rotatable bonds is 6. The van der Waals surface area contributed by atoms with E-state index in [1.807, 2.05) is 0 Å². The zero-order valence-corrected chi connectivity index (χ0v) is 15.1. The maximum Gasteiger partial charge on any atom is 0.188 e. The molecule has 0 aliphatic rings. The van der Waals surface area contributed by atoms with Crippen LogP contribution in [0, 0.1) is 0 Å². The summed E-state index contributed by atoms with van der Waals surface area (Å²) in [4.78, 5) is 23.7. The monoisotopic (exact) mass is 434 g/mol. The van der Waals surface area contributed by atoms with E-state index in [1.165, 1.54) is 24.7 Å². The molecule has 0 aromatic heterocycles. The van der Waals surface area contributed by atoms with Crippen LogP contribution in [0.5, 0.6) is 0 Å². The third-order valence-electron chi connectivity index (χ3n) is 2.85. The highest BCUT2D eigenvalue weighted by Crippen LogP contribution is 2.12. The van der Waals surface area contributed by atoms with Gasteiger partial charge in [-0.1, -0.05) is 31.9 Å². The lowest BCUT2D eigenvalue weighted by Crippen LogP contribution is -1.94. The van der Waals surface area contributed by atoms with Crippen LogP contribution in [0.3, 0.4) is 0 Å². The van der Waals surface area contributed by atoms with Crippen LogP contribution >= 0.6 is 31.9 Å². The summed E-state index contributed by atoms with van der Waals surface area (Å²) in [5.74, 6) is -0.352. The van der Waals surface area contributed by atoms with Gasteiger partial charge in [0, 0.05) is 32.2 Å². The number of ether oxygens (including phenoxy) is 1. The Morgan fingerprint density at radius 2 is 1.04 bits per heavy atom. The van der Waals surface area contributed by atoms with Gasteiger partial charge >= 0.3 is 0 Å². The molecular formula is C18H12Br2O3. The van der Waals surface area contributed by atoms with Crippen LogP contribution in [0.2, 0.25) is 0 Å². The number of ketones is 2. The molecule has 2 rings (SSSR count). The zero-order chi connectivity index (χ0) is 16.7. The van der Waals surface area contributed by atoms with Crippen molar-refractivity contribution in [3.63, 3.8) is 0 Å². The summed E-state index contributed by atoms with van der Waals surface area (Å²) in [5, 5.41) is 0. The van der Waals surface area contributed by atoms with E-state index in [0.717, 1.165) is 8.95 Å². The molecule has 0 fully saturated rings. The van der Waals surface area contributed by atoms with Crippen molar-refractivity contribution in [3.8, 4) is 0 Å². The van der Waals surface area contributed by atoms with Crippen LogP contribution in [0.1, 0.15) is 20.7 Å². The van der Waals surface area contributed by atoms with Gasteiger partial charge in [0.25, 0.3) is 0 Å². The summed E-state index contributed by atoms with van der Waals surface area (Å²) < 4.78 is 6.86. The minimum atomic E-state index is -0.176. The van der Waals surface area contributed by atoms with Crippen molar-refractivity contribution in [2.24, 2.45) is 0 Å². The second-order valence-electron chi connectivity index (χ2n) is 4.48. The van der Waals surface area contributed by atoms with Gasteiger partial charge in [0.2, 0.25) is 0 Å². The SMILES string of the molecule is O=C(/C=C\O/C=C\C(=O)c1ccc(Br)cc1)c1ccc(Br)cc1. The van der Waals surface area contributed by atoms with Crippen LogP contribution in [0.25, 0.3) is 0 Å². The van der Waals surface area contributed by atoms with E-state index >= 15 is 0 Å². The van der Waals surface area contributed by atoms with Crippen LogP contribution in [-0.2, 0) is 4.74 Å². The third-order valence-corrected chi connectivity index (χ3v) is 3.91. The quantitative estimate of drug-likeness (QED) is 0.350. The molecule has 0 aliphatic heterocycles. The molecule has 0 saturated carbocycles. The fourth-order valence-electron chi connectivity index (χ4n) is 1.67. The summed E-state index contributed by atoms with van der Waals surface area (Å²) in [6.45, 7) is 0. The molecule has 0 unspecified atom stereocenters. The number of carbonyl (C=O) groups excluding carboxylic acids is 2. The standard InChI is InChI=1S/C18H12Br2O3/c19-15-5-1-13(2-6-15)17(21)9-11-23-12-10-18(22)14-3-7-16(20)8-4-14/h1-12H/b11-9-,12-10-. The van der Waals surface area contributed by atoms with E-state index in [9.17, 15) is 9.59 Å². The molecule has 0 amide bonds. The number of hydrogen-bond acceptors (Lipinski definition) is 3. The van der Waals surface area contributed by atoms with Crippen molar-refractivity contribution in [1.82, 2.24) is 0 Å². The minimum Gasteiger partial charge on any atom is -0.472 e. The number of allylic oxidation sites excluding steroid dienone is 2. The van der Waals surface area contributed by atoms with Gasteiger partial charge in [0.15, 0.2) is 11.6 Å². The van der Waals surface area contributed by atoms with E-state index in [0.29, 0.717) is 11.1 Å². The zero-order valence-electron chi connectivity index (χ0n) is 11.9. The molecule has 3 nitrogen and oxygen atoms in total. The normalized spacial score (nSPS) is 11.0. The van der Waals surface area contributed by atoms with Gasteiger partial charge in [-0.25, -0.2) is 0 Å². The molecule has 0 spiro atoms. The first-order chi connectivity index (χ1) is 11.1. The van der Waals surface area contributed by atoms with Crippen LogP contribution in [0.15, 0.2) is 82.2 Å². The van der Waals surface area contributed by atoms with E-state index in [2.05, 4.69) is 31.9 Å². The fraction of sp³-hybridized carbons (Fsp3) is 0. The van der Waals surface area contributed by atoms with Gasteiger partial charge in [-0.3, -0.25) is 9.59 Å². The molecule has 0 aliphatic carbocycles. The Morgan fingerprint density at radius 3 is 1.39 bits per heavy atom. The lowest BCUT2D eigenvalue weighted by Gasteiger charge is -1.96. The van der Waals surface area contributed by atoms with Crippen molar-refractivity contribution < 1.29 is 14.3 Å². The Hall–Kier alpha value is -1.98. The first-order valence-electron chi connectivity index (χ1n) is 6.64. The lowest BCUT2D eigenvalue weighted by atomic mass is 10.1. The second kappa shape index (κ2) is 8.60. The van der Waals surface area contributed by atoms with Crippen molar-refractivity contribution in [2.75, 3.05) is 0 Å². The number of carbonyl (C=O) groups is 2. The molecule has 0 radical (unpaired) electrons. The van der Waals surface area contributed by atoms with E-state index in [4.69, 9.17) is 4.74 Å². The number of hydrogen-bond donors (Lipinski definition) is 0. The smallest absolute Gasteiger partial charge is 0.188 e. The molecule has 116 valence electrons. The highest BCUT2D eigenvalue weighted by atomic mass is 79.9. The molecule has 0 bridgehead atoms. The molecule has 5 heteroatoms. The third kappa shape index (κ3) is 5.62. The maximum atomic E-state index is 11.8. The van der Waals surface area contributed by atoms with E-state index < -0.39 is 0 Å². The van der Waals surface area contributed by atoms with Crippen LogP contribution in [-0.4, -0.2) is 11.6 Å². The Balaban J connectivity index is 1.86. The Morgan fingerprint density at radius 1 is 0.696 bits per heavy atom. The van der Waals surface area contributed by atoms with Gasteiger partial charge in [-0.15, -0.1) is 0 Å². The minimum absolute atomic E-state index is 0.176. The van der Waals surface area contributed by atoms with Gasteiger partial charge in [-0.05, 0) is 48.5 Å². The Kier molecular flexibility index (Phi) is 6.50. The molecule has 23 heavy (non-hydrogen) atoms. The predicted octanol–water partition coefficient (Wildman–Crippen LogP) is 5.32. The first kappa shape index (κ1) is 17.4. The highest BCUT2D eigenvalue weighted by Gasteiger charge is 2.01. The van der Waals surface area contributed by atoms with Gasteiger partial charge in [0.1, 0.15) is 0 Å². The van der Waals surface area contributed by atoms with Gasteiger partial charge < -0.3 is 4.74 Å². The largest absolute Gasteiger partial charge is 0.472 e. The topological polar surface area (TPSA) is 43.4 Å².